The van der Waals surface area contributed by atoms with Crippen molar-refractivity contribution in [3.8, 4) is 0 Å². The lowest BCUT2D eigenvalue weighted by atomic mass is 10.2. The summed E-state index contributed by atoms with van der Waals surface area (Å²) in [7, 11) is 0. The van der Waals surface area contributed by atoms with Gasteiger partial charge in [-0.3, -0.25) is 8.32 Å². The topological polar surface area (TPSA) is 70.2 Å². The van der Waals surface area contributed by atoms with Crippen LogP contribution < -0.4 is 13.7 Å². The number of nitrogens with one attached hydrogen (secondary N) is 2. The molecule has 0 aliphatic carbocycles. The molecule has 1 saturated heterocycles. The van der Waals surface area contributed by atoms with Crippen LogP contribution in [0.5, 0.6) is 0 Å². The van der Waals surface area contributed by atoms with Crippen LogP contribution in [0.3, 0.4) is 0 Å². The van der Waals surface area contributed by atoms with E-state index in [0.29, 0.717) is 24.1 Å². The van der Waals surface area contributed by atoms with Gasteiger partial charge in [-0.05, 0) is 12.8 Å². The number of carbonyl (C=O) groups is 1. The third kappa shape index (κ3) is 1.81. The van der Waals surface area contributed by atoms with Crippen LogP contribution in [0.1, 0.15) is 23.2 Å². The van der Waals surface area contributed by atoms with Gasteiger partial charge in [-0.1, -0.05) is 0 Å². The van der Waals surface area contributed by atoms with E-state index in [9.17, 15) is 4.79 Å². The van der Waals surface area contributed by atoms with Crippen LogP contribution in [0.4, 0.5) is 11.8 Å². The van der Waals surface area contributed by atoms with E-state index in [-0.39, 0.29) is 5.91 Å². The largest absolute Gasteiger partial charge is 0.351 e. The van der Waals surface area contributed by atoms with E-state index in [1.165, 1.54) is 0 Å². The predicted molar refractivity (Wildman–Crippen MR) is 72.4 cm³/mol. The maximum Gasteiger partial charge on any atom is 0.256 e. The summed E-state index contributed by atoms with van der Waals surface area (Å²) in [5.41, 5.74) is 0.574. The molecule has 1 amide bonds. The van der Waals surface area contributed by atoms with Crippen LogP contribution in [0.2, 0.25) is 0 Å². The summed E-state index contributed by atoms with van der Waals surface area (Å²) in [5, 5.41) is 2.93. The summed E-state index contributed by atoms with van der Waals surface area (Å²) < 4.78 is 2.88. The maximum atomic E-state index is 11.9. The number of hydrogen-bond donors (Lipinski definition) is 2. The molecule has 2 N–H and O–H groups in total. The van der Waals surface area contributed by atoms with Crippen molar-refractivity contribution in [2.24, 2.45) is 0 Å². The highest BCUT2D eigenvalue weighted by Crippen LogP contribution is 2.29. The summed E-state index contributed by atoms with van der Waals surface area (Å²) in [5.74, 6) is 1.23. The van der Waals surface area contributed by atoms with Gasteiger partial charge in [0.15, 0.2) is 0 Å². The molecule has 0 spiro atoms. The zero-order valence-electron chi connectivity index (χ0n) is 9.11. The van der Waals surface area contributed by atoms with Gasteiger partial charge in [-0.2, -0.15) is 4.98 Å². The van der Waals surface area contributed by atoms with E-state index in [1.54, 1.807) is 6.20 Å². The number of carbonyl (C=O) groups excluding carboxylic acids is 1. The molecular weight excluding hydrogens is 333 g/mol. The Bertz CT molecular complexity index is 466. The molecule has 17 heavy (non-hydrogen) atoms. The number of anilines is 2. The SMILES string of the molecule is O=C1NC[C@@H]2CCCN2c2nc(NI)ncc21. The summed E-state index contributed by atoms with van der Waals surface area (Å²) in [4.78, 5) is 22.6. The van der Waals surface area contributed by atoms with Crippen LogP contribution in [0.25, 0.3) is 0 Å². The zero-order valence-corrected chi connectivity index (χ0v) is 11.3. The van der Waals surface area contributed by atoms with E-state index in [1.807, 2.05) is 22.9 Å². The molecule has 0 bridgehead atoms. The molecule has 0 unspecified atom stereocenters. The van der Waals surface area contributed by atoms with Crippen LogP contribution in [-0.2, 0) is 0 Å². The second-order valence-electron chi connectivity index (χ2n) is 4.22. The second kappa shape index (κ2) is 4.28. The minimum absolute atomic E-state index is 0.0746. The van der Waals surface area contributed by atoms with Gasteiger partial charge in [0.05, 0.1) is 22.9 Å². The first-order valence-electron chi connectivity index (χ1n) is 5.58. The first-order valence-corrected chi connectivity index (χ1v) is 6.66. The van der Waals surface area contributed by atoms with Gasteiger partial charge in [-0.25, -0.2) is 4.98 Å². The van der Waals surface area contributed by atoms with E-state index in [0.717, 1.165) is 25.2 Å². The lowest BCUT2D eigenvalue weighted by Crippen LogP contribution is -2.36. The van der Waals surface area contributed by atoms with Crippen molar-refractivity contribution >= 4 is 40.5 Å². The molecule has 3 heterocycles. The number of fused-ring (bicyclic) bond motifs is 3. The van der Waals surface area contributed by atoms with Crippen LogP contribution in [-0.4, -0.2) is 35.0 Å². The lowest BCUT2D eigenvalue weighted by Gasteiger charge is -2.23. The lowest BCUT2D eigenvalue weighted by molar-refractivity contribution is 0.0955. The minimum Gasteiger partial charge on any atom is -0.351 e. The van der Waals surface area contributed by atoms with Gasteiger partial charge in [0.2, 0.25) is 5.95 Å². The summed E-state index contributed by atoms with van der Waals surface area (Å²) in [6.45, 7) is 1.66. The fourth-order valence-corrected chi connectivity index (χ4v) is 2.69. The van der Waals surface area contributed by atoms with Crippen molar-refractivity contribution in [3.63, 3.8) is 0 Å². The number of amides is 1. The number of hydrogen-bond acceptors (Lipinski definition) is 5. The Morgan fingerprint density at radius 2 is 2.47 bits per heavy atom. The molecule has 6 nitrogen and oxygen atoms in total. The van der Waals surface area contributed by atoms with Crippen molar-refractivity contribution in [1.29, 1.82) is 0 Å². The molecule has 1 atom stereocenters. The quantitative estimate of drug-likeness (QED) is 0.586. The van der Waals surface area contributed by atoms with Crippen molar-refractivity contribution in [2.45, 2.75) is 18.9 Å². The Kier molecular flexibility index (Phi) is 2.77. The van der Waals surface area contributed by atoms with Crippen LogP contribution in [0, 0.1) is 0 Å². The number of rotatable bonds is 1. The zero-order chi connectivity index (χ0) is 11.8. The molecule has 2 aliphatic heterocycles. The van der Waals surface area contributed by atoms with Gasteiger partial charge in [-0.15, -0.1) is 0 Å². The van der Waals surface area contributed by atoms with E-state index in [4.69, 9.17) is 0 Å². The van der Waals surface area contributed by atoms with Crippen molar-refractivity contribution < 1.29 is 4.79 Å². The molecule has 0 saturated carbocycles. The highest BCUT2D eigenvalue weighted by Gasteiger charge is 2.32. The van der Waals surface area contributed by atoms with Gasteiger partial charge < -0.3 is 10.2 Å². The maximum absolute atomic E-state index is 11.9. The molecule has 1 fully saturated rings. The second-order valence-corrected chi connectivity index (χ2v) is 4.76. The van der Waals surface area contributed by atoms with E-state index < -0.39 is 0 Å². The van der Waals surface area contributed by atoms with E-state index in [2.05, 4.69) is 23.7 Å². The number of halogens is 1. The van der Waals surface area contributed by atoms with Crippen LogP contribution in [0.15, 0.2) is 6.20 Å². The fourth-order valence-electron chi connectivity index (χ4n) is 2.43. The number of aromatic nitrogens is 2. The predicted octanol–water partition coefficient (Wildman–Crippen LogP) is 0.951. The summed E-state index contributed by atoms with van der Waals surface area (Å²) >= 11 is 1.99. The van der Waals surface area contributed by atoms with Crippen molar-refractivity contribution in [3.05, 3.63) is 11.8 Å². The minimum atomic E-state index is -0.0746. The molecule has 2 aliphatic rings. The van der Waals surface area contributed by atoms with Gasteiger partial charge >= 0.3 is 0 Å². The third-order valence-corrected chi connectivity index (χ3v) is 3.73. The standard InChI is InChI=1S/C10H12IN5O/c11-15-10-13-5-7-8(14-10)16-3-1-2-6(16)4-12-9(7)17/h5-6H,1-4H2,(H,12,17)(H,13,14,15)/t6-/m0/s1. The molecular formula is C10H12IN5O. The Hall–Kier alpha value is -1.12. The van der Waals surface area contributed by atoms with E-state index >= 15 is 0 Å². The normalized spacial score (nSPS) is 22.5. The highest BCUT2D eigenvalue weighted by molar-refractivity contribution is 14.1. The van der Waals surface area contributed by atoms with Gasteiger partial charge in [0.1, 0.15) is 11.4 Å². The average molecular weight is 345 g/mol. The highest BCUT2D eigenvalue weighted by atomic mass is 127. The first-order chi connectivity index (χ1) is 8.29. The monoisotopic (exact) mass is 345 g/mol. The van der Waals surface area contributed by atoms with Gasteiger partial charge in [0, 0.05) is 25.3 Å². The van der Waals surface area contributed by atoms with Crippen LogP contribution >= 0.6 is 22.9 Å². The molecule has 0 aromatic carbocycles. The van der Waals surface area contributed by atoms with Gasteiger partial charge in [0.25, 0.3) is 5.91 Å². The molecule has 1 aromatic heterocycles. The summed E-state index contributed by atoms with van der Waals surface area (Å²) in [6, 6.07) is 0.372. The third-order valence-electron chi connectivity index (χ3n) is 3.25. The van der Waals surface area contributed by atoms with Crippen molar-refractivity contribution in [2.75, 3.05) is 21.5 Å². The number of nitrogens with zero attached hydrogens (tertiary/aromatic N) is 3. The average Bonchev–Trinajstić information content (AvgIpc) is 2.79. The first kappa shape index (κ1) is 11.0. The molecule has 7 heteroatoms. The molecule has 90 valence electrons. The molecule has 0 radical (unpaired) electrons. The Morgan fingerprint density at radius 3 is 3.29 bits per heavy atom. The van der Waals surface area contributed by atoms with Crippen molar-refractivity contribution in [1.82, 2.24) is 15.3 Å². The Balaban J connectivity index is 2.10. The fraction of sp³-hybridized carbons (Fsp3) is 0.500. The molecule has 3 rings (SSSR count). The Morgan fingerprint density at radius 1 is 1.59 bits per heavy atom. The Labute approximate surface area is 113 Å². The molecule has 1 aromatic rings. The summed E-state index contributed by atoms with van der Waals surface area (Å²) in [6.07, 6.45) is 3.85. The smallest absolute Gasteiger partial charge is 0.256 e.